The summed E-state index contributed by atoms with van der Waals surface area (Å²) in [5.41, 5.74) is 6.00. The molecule has 3 heterocycles. The summed E-state index contributed by atoms with van der Waals surface area (Å²) in [6, 6.07) is 5.05. The molecule has 1 aliphatic rings. The van der Waals surface area contributed by atoms with Crippen molar-refractivity contribution in [3.63, 3.8) is 0 Å². The summed E-state index contributed by atoms with van der Waals surface area (Å²) in [4.78, 5) is 22.1. The van der Waals surface area contributed by atoms with Gasteiger partial charge in [0.25, 0.3) is 5.91 Å². The number of aromatic nitrogens is 4. The Morgan fingerprint density at radius 1 is 1.43 bits per heavy atom. The van der Waals surface area contributed by atoms with Gasteiger partial charge in [0.05, 0.1) is 17.4 Å². The standard InChI is InChI=1S/C19H18N6O3/c1-25-7-5-19(28,18(25)27)4-2-11-8-12(13-10-22-24-15(13)9-11)17-21-6-3-14(23-17)16(20)26/h3,6,8-10,16,26,28H,5,7,20H2,1H3,(H,22,24)/t16?,19-/m0/s1. The first-order chi connectivity index (χ1) is 13.4. The molecule has 1 unspecified atom stereocenters. The molecule has 28 heavy (non-hydrogen) atoms. The van der Waals surface area contributed by atoms with Crippen LogP contribution < -0.4 is 5.73 Å². The zero-order valence-corrected chi connectivity index (χ0v) is 15.0. The van der Waals surface area contributed by atoms with E-state index in [1.54, 1.807) is 25.4 Å². The zero-order chi connectivity index (χ0) is 19.9. The van der Waals surface area contributed by atoms with Gasteiger partial charge in [0, 0.05) is 42.7 Å². The molecular formula is C19H18N6O3. The molecule has 5 N–H and O–H groups in total. The molecule has 1 aromatic carbocycles. The maximum Gasteiger partial charge on any atom is 0.267 e. The number of nitrogens with one attached hydrogen (secondary N) is 1. The number of benzene rings is 1. The van der Waals surface area contributed by atoms with E-state index in [0.29, 0.717) is 29.0 Å². The summed E-state index contributed by atoms with van der Waals surface area (Å²) in [6.45, 7) is 0.455. The van der Waals surface area contributed by atoms with Crippen molar-refractivity contribution in [3.8, 4) is 23.2 Å². The summed E-state index contributed by atoms with van der Waals surface area (Å²) in [7, 11) is 1.63. The molecule has 1 aliphatic heterocycles. The number of H-pyrrole nitrogens is 1. The predicted molar refractivity (Wildman–Crippen MR) is 100 cm³/mol. The van der Waals surface area contributed by atoms with Crippen LogP contribution in [0.2, 0.25) is 0 Å². The molecule has 0 spiro atoms. The Morgan fingerprint density at radius 2 is 2.25 bits per heavy atom. The highest BCUT2D eigenvalue weighted by atomic mass is 16.3. The lowest BCUT2D eigenvalue weighted by Gasteiger charge is -2.13. The minimum atomic E-state index is -1.68. The fourth-order valence-corrected chi connectivity index (χ4v) is 3.12. The summed E-state index contributed by atoms with van der Waals surface area (Å²) in [6.07, 6.45) is 2.19. The number of hydrogen-bond acceptors (Lipinski definition) is 7. The van der Waals surface area contributed by atoms with E-state index in [1.165, 1.54) is 17.2 Å². The number of hydrogen-bond donors (Lipinski definition) is 4. The van der Waals surface area contributed by atoms with Gasteiger partial charge in [-0.3, -0.25) is 9.89 Å². The second-order valence-electron chi connectivity index (χ2n) is 6.69. The van der Waals surface area contributed by atoms with E-state index >= 15 is 0 Å². The van der Waals surface area contributed by atoms with Crippen LogP contribution in [0.25, 0.3) is 22.3 Å². The Balaban J connectivity index is 1.80. The maximum absolute atomic E-state index is 12.1. The lowest BCUT2D eigenvalue weighted by Crippen LogP contribution is -2.37. The molecule has 142 valence electrons. The molecule has 3 aromatic rings. The number of carbonyl (C=O) groups is 1. The van der Waals surface area contributed by atoms with Gasteiger partial charge in [-0.1, -0.05) is 11.8 Å². The average molecular weight is 378 g/mol. The Kier molecular flexibility index (Phi) is 4.31. The summed E-state index contributed by atoms with van der Waals surface area (Å²) < 4.78 is 0. The first-order valence-corrected chi connectivity index (χ1v) is 8.62. The summed E-state index contributed by atoms with van der Waals surface area (Å²) in [5, 5.41) is 27.8. The molecule has 1 amide bonds. The molecular weight excluding hydrogens is 360 g/mol. The molecule has 0 bridgehead atoms. The third-order valence-electron chi connectivity index (χ3n) is 4.70. The van der Waals surface area contributed by atoms with E-state index in [2.05, 4.69) is 32.0 Å². The topological polar surface area (TPSA) is 141 Å². The highest BCUT2D eigenvalue weighted by Crippen LogP contribution is 2.27. The van der Waals surface area contributed by atoms with Crippen molar-refractivity contribution < 1.29 is 15.0 Å². The van der Waals surface area contributed by atoms with Crippen molar-refractivity contribution in [2.24, 2.45) is 5.73 Å². The minimum absolute atomic E-state index is 0.258. The molecule has 0 aliphatic carbocycles. The molecule has 0 radical (unpaired) electrons. The number of nitrogens with zero attached hydrogens (tertiary/aromatic N) is 4. The average Bonchev–Trinajstić information content (AvgIpc) is 3.26. The van der Waals surface area contributed by atoms with Crippen LogP contribution in [0.5, 0.6) is 0 Å². The molecule has 2 atom stereocenters. The molecule has 1 saturated heterocycles. The van der Waals surface area contributed by atoms with Crippen LogP contribution in [0.15, 0.2) is 30.6 Å². The van der Waals surface area contributed by atoms with Crippen LogP contribution in [0.3, 0.4) is 0 Å². The number of aromatic amines is 1. The van der Waals surface area contributed by atoms with Gasteiger partial charge in [-0.05, 0) is 18.2 Å². The van der Waals surface area contributed by atoms with Crippen LogP contribution in [0.1, 0.15) is 23.9 Å². The van der Waals surface area contributed by atoms with E-state index in [-0.39, 0.29) is 12.1 Å². The van der Waals surface area contributed by atoms with Crippen molar-refractivity contribution in [1.29, 1.82) is 0 Å². The largest absolute Gasteiger partial charge is 0.373 e. The molecule has 0 saturated carbocycles. The van der Waals surface area contributed by atoms with Gasteiger partial charge in [-0.15, -0.1) is 0 Å². The number of aliphatic hydroxyl groups is 2. The highest BCUT2D eigenvalue weighted by Gasteiger charge is 2.42. The predicted octanol–water partition coefficient (Wildman–Crippen LogP) is -0.0858. The van der Waals surface area contributed by atoms with E-state index in [0.717, 1.165) is 5.39 Å². The Hall–Kier alpha value is -3.32. The number of rotatable bonds is 2. The van der Waals surface area contributed by atoms with Gasteiger partial charge in [0.2, 0.25) is 5.60 Å². The highest BCUT2D eigenvalue weighted by molar-refractivity contribution is 5.94. The Labute approximate surface area is 160 Å². The Morgan fingerprint density at radius 3 is 2.96 bits per heavy atom. The number of likely N-dealkylation sites (tertiary alicyclic amines) is 1. The number of aliphatic hydroxyl groups excluding tert-OH is 1. The number of fused-ring (bicyclic) bond motifs is 1. The van der Waals surface area contributed by atoms with Gasteiger partial charge >= 0.3 is 0 Å². The van der Waals surface area contributed by atoms with Crippen LogP contribution in [0.4, 0.5) is 0 Å². The van der Waals surface area contributed by atoms with Gasteiger partial charge in [0.1, 0.15) is 6.23 Å². The van der Waals surface area contributed by atoms with Gasteiger partial charge < -0.3 is 20.8 Å². The zero-order valence-electron chi connectivity index (χ0n) is 15.0. The maximum atomic E-state index is 12.1. The van der Waals surface area contributed by atoms with Crippen LogP contribution in [-0.2, 0) is 4.79 Å². The second kappa shape index (κ2) is 6.69. The number of amides is 1. The van der Waals surface area contributed by atoms with E-state index in [4.69, 9.17) is 5.73 Å². The van der Waals surface area contributed by atoms with Gasteiger partial charge in [-0.2, -0.15) is 5.10 Å². The Bertz CT molecular complexity index is 1130. The van der Waals surface area contributed by atoms with E-state index in [9.17, 15) is 15.0 Å². The first-order valence-electron chi connectivity index (χ1n) is 8.62. The second-order valence-corrected chi connectivity index (χ2v) is 6.69. The minimum Gasteiger partial charge on any atom is -0.373 e. The summed E-state index contributed by atoms with van der Waals surface area (Å²) >= 11 is 0. The SMILES string of the molecule is CN1CC[C@@](O)(C#Cc2cc(-c3nccc(C(N)O)n3)c3cn[nH]c3c2)C1=O. The smallest absolute Gasteiger partial charge is 0.267 e. The number of likely N-dealkylation sites (N-methyl/N-ethyl adjacent to an activating group) is 1. The molecule has 2 aromatic heterocycles. The van der Waals surface area contributed by atoms with Crippen LogP contribution in [0, 0.1) is 11.8 Å². The van der Waals surface area contributed by atoms with Crippen LogP contribution >= 0.6 is 0 Å². The van der Waals surface area contributed by atoms with Crippen molar-refractivity contribution in [2.75, 3.05) is 13.6 Å². The third-order valence-corrected chi connectivity index (χ3v) is 4.70. The molecule has 9 nitrogen and oxygen atoms in total. The quantitative estimate of drug-likeness (QED) is 0.361. The fraction of sp³-hybridized carbons (Fsp3) is 0.263. The van der Waals surface area contributed by atoms with Crippen molar-refractivity contribution in [3.05, 3.63) is 41.9 Å². The monoisotopic (exact) mass is 378 g/mol. The molecule has 9 heteroatoms. The molecule has 1 fully saturated rings. The number of nitrogens with two attached hydrogens (primary N) is 1. The van der Waals surface area contributed by atoms with Crippen LogP contribution in [-0.4, -0.2) is 60.4 Å². The lowest BCUT2D eigenvalue weighted by molar-refractivity contribution is -0.137. The molecule has 4 rings (SSSR count). The van der Waals surface area contributed by atoms with E-state index in [1.807, 2.05) is 0 Å². The normalized spacial score (nSPS) is 20.3. The summed E-state index contributed by atoms with van der Waals surface area (Å²) in [5.74, 6) is 5.53. The van der Waals surface area contributed by atoms with Gasteiger partial charge in [0.15, 0.2) is 5.82 Å². The van der Waals surface area contributed by atoms with Crippen molar-refractivity contribution in [2.45, 2.75) is 18.2 Å². The first kappa shape index (κ1) is 18.1. The van der Waals surface area contributed by atoms with Crippen molar-refractivity contribution in [1.82, 2.24) is 25.1 Å². The van der Waals surface area contributed by atoms with E-state index < -0.39 is 17.7 Å². The van der Waals surface area contributed by atoms with Crippen molar-refractivity contribution >= 4 is 16.8 Å². The van der Waals surface area contributed by atoms with Gasteiger partial charge in [-0.25, -0.2) is 9.97 Å². The fourth-order valence-electron chi connectivity index (χ4n) is 3.12. The number of carbonyl (C=O) groups excluding carboxylic acids is 1. The third kappa shape index (κ3) is 3.10. The lowest BCUT2D eigenvalue weighted by atomic mass is 10.0.